The summed E-state index contributed by atoms with van der Waals surface area (Å²) in [6, 6.07) is 14.0. The summed E-state index contributed by atoms with van der Waals surface area (Å²) in [6.45, 7) is 0. The predicted molar refractivity (Wildman–Crippen MR) is 109 cm³/mol. The van der Waals surface area contributed by atoms with Crippen molar-refractivity contribution >= 4 is 52.5 Å². The Morgan fingerprint density at radius 3 is 2.35 bits per heavy atom. The molecule has 0 fully saturated rings. The summed E-state index contributed by atoms with van der Waals surface area (Å²) in [5.74, 6) is -0.459. The van der Waals surface area contributed by atoms with Crippen molar-refractivity contribution in [2.45, 2.75) is 0 Å². The van der Waals surface area contributed by atoms with Crippen LogP contribution < -0.4 is 10.6 Å². The van der Waals surface area contributed by atoms with Crippen LogP contribution in [0, 0.1) is 0 Å². The highest BCUT2D eigenvalue weighted by Crippen LogP contribution is 2.16. The number of halogens is 1. The number of carbonyl (C=O) groups excluding carboxylic acids is 2. The normalized spacial score (nSPS) is 10.4. The van der Waals surface area contributed by atoms with Gasteiger partial charge >= 0.3 is 0 Å². The molecule has 0 bridgehead atoms. The predicted octanol–water partition coefficient (Wildman–Crippen LogP) is 3.57. The van der Waals surface area contributed by atoms with Crippen molar-refractivity contribution in [2.24, 2.45) is 0 Å². The molecule has 0 aromatic heterocycles. The van der Waals surface area contributed by atoms with Crippen LogP contribution in [0.15, 0.2) is 54.6 Å². The number of rotatable bonds is 4. The Morgan fingerprint density at radius 1 is 1.08 bits per heavy atom. The molecular formula is C19H18ClN3O2S. The molecule has 2 aromatic carbocycles. The van der Waals surface area contributed by atoms with E-state index in [1.807, 2.05) is 12.1 Å². The maximum atomic E-state index is 11.9. The van der Waals surface area contributed by atoms with Crippen LogP contribution in [0.25, 0.3) is 6.08 Å². The Morgan fingerprint density at radius 2 is 1.73 bits per heavy atom. The average Bonchev–Trinajstić information content (AvgIpc) is 2.61. The topological polar surface area (TPSA) is 61.4 Å². The minimum atomic E-state index is -0.373. The second-order valence-corrected chi connectivity index (χ2v) is 6.39. The van der Waals surface area contributed by atoms with Crippen molar-refractivity contribution in [1.29, 1.82) is 0 Å². The fourth-order valence-corrected chi connectivity index (χ4v) is 2.46. The Kier molecular flexibility index (Phi) is 6.89. The molecule has 0 atom stereocenters. The zero-order chi connectivity index (χ0) is 19.1. The van der Waals surface area contributed by atoms with Gasteiger partial charge in [-0.15, -0.1) is 0 Å². The van der Waals surface area contributed by atoms with E-state index in [2.05, 4.69) is 10.6 Å². The molecule has 26 heavy (non-hydrogen) atoms. The highest BCUT2D eigenvalue weighted by atomic mass is 35.5. The van der Waals surface area contributed by atoms with E-state index in [4.69, 9.17) is 23.8 Å². The molecular weight excluding hydrogens is 370 g/mol. The lowest BCUT2D eigenvalue weighted by atomic mass is 10.2. The van der Waals surface area contributed by atoms with Crippen LogP contribution in [0.1, 0.15) is 15.9 Å². The maximum absolute atomic E-state index is 11.9. The van der Waals surface area contributed by atoms with Crippen molar-refractivity contribution < 1.29 is 9.59 Å². The fourth-order valence-electron chi connectivity index (χ4n) is 2.05. The Balaban J connectivity index is 1.91. The van der Waals surface area contributed by atoms with Crippen LogP contribution in [0.4, 0.5) is 5.69 Å². The zero-order valence-corrected chi connectivity index (χ0v) is 15.9. The van der Waals surface area contributed by atoms with E-state index in [-0.39, 0.29) is 16.9 Å². The first-order valence-corrected chi connectivity index (χ1v) is 8.52. The van der Waals surface area contributed by atoms with Crippen molar-refractivity contribution in [2.75, 3.05) is 19.4 Å². The van der Waals surface area contributed by atoms with E-state index >= 15 is 0 Å². The van der Waals surface area contributed by atoms with Crippen molar-refractivity contribution in [3.63, 3.8) is 0 Å². The van der Waals surface area contributed by atoms with Gasteiger partial charge in [-0.1, -0.05) is 29.8 Å². The second kappa shape index (κ2) is 9.12. The van der Waals surface area contributed by atoms with Gasteiger partial charge in [-0.25, -0.2) is 0 Å². The van der Waals surface area contributed by atoms with Gasteiger partial charge in [-0.3, -0.25) is 14.9 Å². The molecule has 0 spiro atoms. The summed E-state index contributed by atoms with van der Waals surface area (Å²) >= 11 is 11.1. The van der Waals surface area contributed by atoms with Gasteiger partial charge in [0.05, 0.1) is 0 Å². The average molecular weight is 388 g/mol. The van der Waals surface area contributed by atoms with Crippen LogP contribution in [-0.4, -0.2) is 35.9 Å². The number of amides is 2. The molecule has 2 N–H and O–H groups in total. The summed E-state index contributed by atoms with van der Waals surface area (Å²) in [5.41, 5.74) is 1.98. The maximum Gasteiger partial charge on any atom is 0.253 e. The van der Waals surface area contributed by atoms with Crippen molar-refractivity contribution in [1.82, 2.24) is 10.2 Å². The lowest BCUT2D eigenvalue weighted by molar-refractivity contribution is -0.115. The quantitative estimate of drug-likeness (QED) is 0.622. The van der Waals surface area contributed by atoms with Gasteiger partial charge in [0, 0.05) is 36.4 Å². The molecule has 0 saturated carbocycles. The molecule has 2 aromatic rings. The second-order valence-electron chi connectivity index (χ2n) is 5.58. The monoisotopic (exact) mass is 387 g/mol. The number of thiocarbonyl (C=S) groups is 1. The van der Waals surface area contributed by atoms with Gasteiger partial charge in [-0.05, 0) is 54.2 Å². The number of anilines is 1. The third kappa shape index (κ3) is 5.68. The lowest BCUT2D eigenvalue weighted by Gasteiger charge is -2.11. The van der Waals surface area contributed by atoms with E-state index in [1.54, 1.807) is 56.6 Å². The SMILES string of the molecule is CN(C)C(=O)c1ccc(NC(=S)NC(=O)/C=C/c2ccccc2Cl)cc1. The minimum Gasteiger partial charge on any atom is -0.345 e. The van der Waals surface area contributed by atoms with Crippen LogP contribution in [0.2, 0.25) is 5.02 Å². The lowest BCUT2D eigenvalue weighted by Crippen LogP contribution is -2.32. The Bertz CT molecular complexity index is 848. The number of carbonyl (C=O) groups is 2. The molecule has 0 aliphatic carbocycles. The molecule has 5 nitrogen and oxygen atoms in total. The summed E-state index contributed by atoms with van der Waals surface area (Å²) in [4.78, 5) is 25.3. The number of hydrogen-bond donors (Lipinski definition) is 2. The van der Waals surface area contributed by atoms with E-state index in [0.29, 0.717) is 16.3 Å². The van der Waals surface area contributed by atoms with Gasteiger partial charge in [0.25, 0.3) is 5.91 Å². The third-order valence-corrected chi connectivity index (χ3v) is 3.90. The molecule has 0 heterocycles. The van der Waals surface area contributed by atoms with Gasteiger partial charge in [-0.2, -0.15) is 0 Å². The van der Waals surface area contributed by atoms with E-state index in [9.17, 15) is 9.59 Å². The van der Waals surface area contributed by atoms with Crippen LogP contribution in [0.3, 0.4) is 0 Å². The molecule has 2 amide bonds. The summed E-state index contributed by atoms with van der Waals surface area (Å²) < 4.78 is 0. The summed E-state index contributed by atoms with van der Waals surface area (Å²) in [6.07, 6.45) is 2.97. The largest absolute Gasteiger partial charge is 0.345 e. The Labute approximate surface area is 162 Å². The smallest absolute Gasteiger partial charge is 0.253 e. The molecule has 0 aliphatic heterocycles. The first-order chi connectivity index (χ1) is 12.4. The minimum absolute atomic E-state index is 0.0860. The van der Waals surface area contributed by atoms with E-state index < -0.39 is 0 Å². The first kappa shape index (κ1) is 19.6. The molecule has 0 radical (unpaired) electrons. The van der Waals surface area contributed by atoms with Crippen molar-refractivity contribution in [3.05, 3.63) is 70.8 Å². The molecule has 0 unspecified atom stereocenters. The van der Waals surface area contributed by atoms with Crippen LogP contribution in [0.5, 0.6) is 0 Å². The van der Waals surface area contributed by atoms with Crippen LogP contribution in [-0.2, 0) is 4.79 Å². The van der Waals surface area contributed by atoms with E-state index in [1.165, 1.54) is 11.0 Å². The molecule has 2 rings (SSSR count). The highest BCUT2D eigenvalue weighted by Gasteiger charge is 2.08. The number of hydrogen-bond acceptors (Lipinski definition) is 3. The van der Waals surface area contributed by atoms with Gasteiger partial charge in [0.15, 0.2) is 5.11 Å². The van der Waals surface area contributed by atoms with Gasteiger partial charge < -0.3 is 10.2 Å². The number of benzene rings is 2. The fraction of sp³-hybridized carbons (Fsp3) is 0.105. The third-order valence-electron chi connectivity index (χ3n) is 3.35. The standard InChI is InChI=1S/C19H18ClN3O2S/c1-23(2)18(25)14-7-10-15(11-8-14)21-19(26)22-17(24)12-9-13-5-3-4-6-16(13)20/h3-12H,1-2H3,(H2,21,22,24,26)/b12-9+. The summed E-state index contributed by atoms with van der Waals surface area (Å²) in [7, 11) is 3.38. The zero-order valence-electron chi connectivity index (χ0n) is 14.3. The van der Waals surface area contributed by atoms with E-state index in [0.717, 1.165) is 5.56 Å². The van der Waals surface area contributed by atoms with Crippen molar-refractivity contribution in [3.8, 4) is 0 Å². The Hall–Kier alpha value is -2.70. The van der Waals surface area contributed by atoms with Gasteiger partial charge in [0.2, 0.25) is 5.91 Å². The highest BCUT2D eigenvalue weighted by molar-refractivity contribution is 7.80. The summed E-state index contributed by atoms with van der Waals surface area (Å²) in [5, 5.41) is 6.16. The number of nitrogens with zero attached hydrogens (tertiary/aromatic N) is 1. The first-order valence-electron chi connectivity index (χ1n) is 7.73. The molecule has 134 valence electrons. The molecule has 0 aliphatic rings. The molecule has 7 heteroatoms. The molecule has 0 saturated heterocycles. The number of nitrogens with one attached hydrogen (secondary N) is 2. The van der Waals surface area contributed by atoms with Crippen LogP contribution >= 0.6 is 23.8 Å². The van der Waals surface area contributed by atoms with Gasteiger partial charge in [0.1, 0.15) is 0 Å².